The molecule has 0 saturated heterocycles. The summed E-state index contributed by atoms with van der Waals surface area (Å²) in [6.07, 6.45) is 13.6. The molecular formula is C21H34O2. The zero-order valence-corrected chi connectivity index (χ0v) is 15.1. The molecule has 130 valence electrons. The number of fused-ring (bicyclic) bond motifs is 5. The standard InChI is InChI=1S/C21H34O2/c1-20-10-8-16(22)12-14(20)4-6-17-18-7-5-15(13-23-3)21(18,2)11-9-19(17)20/h8,10,14-19,22H,4-7,9,11-13H2,1-3H3/t14?,15?,16?,17-,18-,19+,20-,21+/m0/s1. The molecule has 2 heteroatoms. The van der Waals surface area contributed by atoms with Crippen molar-refractivity contribution in [1.29, 1.82) is 0 Å². The summed E-state index contributed by atoms with van der Waals surface area (Å²) in [5.41, 5.74) is 0.848. The van der Waals surface area contributed by atoms with E-state index in [1.807, 2.05) is 7.11 Å². The Balaban J connectivity index is 1.61. The molecule has 0 amide bonds. The first-order valence-electron chi connectivity index (χ1n) is 9.85. The number of hydrogen-bond acceptors (Lipinski definition) is 2. The fraction of sp³-hybridized carbons (Fsp3) is 0.905. The van der Waals surface area contributed by atoms with Crippen LogP contribution >= 0.6 is 0 Å². The van der Waals surface area contributed by atoms with Gasteiger partial charge in [0.25, 0.3) is 0 Å². The third-order valence-corrected chi connectivity index (χ3v) is 8.73. The maximum absolute atomic E-state index is 10.0. The van der Waals surface area contributed by atoms with Crippen molar-refractivity contribution in [3.05, 3.63) is 12.2 Å². The first kappa shape index (κ1) is 16.1. The van der Waals surface area contributed by atoms with Gasteiger partial charge in [0.15, 0.2) is 0 Å². The van der Waals surface area contributed by atoms with Crippen molar-refractivity contribution in [2.75, 3.05) is 13.7 Å². The van der Waals surface area contributed by atoms with Gasteiger partial charge in [-0.1, -0.05) is 26.0 Å². The van der Waals surface area contributed by atoms with E-state index < -0.39 is 0 Å². The van der Waals surface area contributed by atoms with Crippen LogP contribution in [0.3, 0.4) is 0 Å². The molecule has 1 N–H and O–H groups in total. The van der Waals surface area contributed by atoms with Crippen LogP contribution in [-0.2, 0) is 4.74 Å². The van der Waals surface area contributed by atoms with E-state index in [0.29, 0.717) is 16.7 Å². The molecule has 0 heterocycles. The number of methoxy groups -OCH3 is 1. The van der Waals surface area contributed by atoms with Gasteiger partial charge in [-0.25, -0.2) is 0 Å². The molecule has 0 spiro atoms. The van der Waals surface area contributed by atoms with Crippen LogP contribution in [0.1, 0.15) is 58.8 Å². The van der Waals surface area contributed by atoms with Crippen molar-refractivity contribution < 1.29 is 9.84 Å². The second-order valence-corrected chi connectivity index (χ2v) is 9.45. The van der Waals surface area contributed by atoms with Crippen molar-refractivity contribution >= 4 is 0 Å². The Bertz CT molecular complexity index is 486. The molecule has 0 bridgehead atoms. The summed E-state index contributed by atoms with van der Waals surface area (Å²) >= 11 is 0. The highest BCUT2D eigenvalue weighted by atomic mass is 16.5. The highest BCUT2D eigenvalue weighted by Gasteiger charge is 2.59. The highest BCUT2D eigenvalue weighted by Crippen LogP contribution is 2.66. The quantitative estimate of drug-likeness (QED) is 0.763. The Morgan fingerprint density at radius 1 is 1.09 bits per heavy atom. The second kappa shape index (κ2) is 5.59. The van der Waals surface area contributed by atoms with Crippen molar-refractivity contribution in [2.24, 2.45) is 40.4 Å². The summed E-state index contributed by atoms with van der Waals surface area (Å²) < 4.78 is 5.55. The number of hydrogen-bond donors (Lipinski definition) is 1. The van der Waals surface area contributed by atoms with Gasteiger partial charge < -0.3 is 9.84 Å². The molecule has 4 aliphatic rings. The maximum atomic E-state index is 10.0. The first-order chi connectivity index (χ1) is 11.0. The van der Waals surface area contributed by atoms with Gasteiger partial charge in [0.1, 0.15) is 0 Å². The molecule has 23 heavy (non-hydrogen) atoms. The topological polar surface area (TPSA) is 29.5 Å². The van der Waals surface area contributed by atoms with Crippen LogP contribution in [0.15, 0.2) is 12.2 Å². The minimum Gasteiger partial charge on any atom is -0.389 e. The number of rotatable bonds is 2. The van der Waals surface area contributed by atoms with E-state index in [1.54, 1.807) is 0 Å². The van der Waals surface area contributed by atoms with E-state index in [0.717, 1.165) is 36.7 Å². The Morgan fingerprint density at radius 3 is 2.70 bits per heavy atom. The lowest BCUT2D eigenvalue weighted by atomic mass is 9.46. The zero-order chi connectivity index (χ0) is 16.2. The summed E-state index contributed by atoms with van der Waals surface area (Å²) in [6, 6.07) is 0. The second-order valence-electron chi connectivity index (χ2n) is 9.45. The van der Waals surface area contributed by atoms with Crippen LogP contribution in [0.4, 0.5) is 0 Å². The van der Waals surface area contributed by atoms with Gasteiger partial charge in [0, 0.05) is 13.7 Å². The van der Waals surface area contributed by atoms with Gasteiger partial charge in [-0.2, -0.15) is 0 Å². The number of aliphatic hydroxyl groups is 1. The van der Waals surface area contributed by atoms with Crippen LogP contribution in [0.2, 0.25) is 0 Å². The fourth-order valence-electron chi connectivity index (χ4n) is 7.37. The first-order valence-corrected chi connectivity index (χ1v) is 9.85. The van der Waals surface area contributed by atoms with E-state index in [2.05, 4.69) is 26.0 Å². The lowest BCUT2D eigenvalue weighted by molar-refractivity contribution is -0.0912. The van der Waals surface area contributed by atoms with Crippen molar-refractivity contribution in [3.63, 3.8) is 0 Å². The third-order valence-electron chi connectivity index (χ3n) is 8.73. The van der Waals surface area contributed by atoms with Crippen LogP contribution < -0.4 is 0 Å². The Hall–Kier alpha value is -0.340. The van der Waals surface area contributed by atoms with E-state index in [1.165, 1.54) is 38.5 Å². The molecule has 0 aromatic carbocycles. The third kappa shape index (κ3) is 2.28. The SMILES string of the molecule is COCC1CC[C@H]2[C@@H]3CCC4CC(O)C=C[C@]4(C)[C@@H]3CC[C@]12C. The number of allylic oxidation sites excluding steroid dienone is 1. The summed E-state index contributed by atoms with van der Waals surface area (Å²) in [4.78, 5) is 0. The lowest BCUT2D eigenvalue weighted by Gasteiger charge is -2.59. The normalized spacial score (nSPS) is 55.1. The molecule has 4 rings (SSSR count). The Morgan fingerprint density at radius 2 is 1.91 bits per heavy atom. The van der Waals surface area contributed by atoms with Crippen LogP contribution in [0.5, 0.6) is 0 Å². The van der Waals surface area contributed by atoms with Gasteiger partial charge in [-0.3, -0.25) is 0 Å². The monoisotopic (exact) mass is 318 g/mol. The molecule has 3 fully saturated rings. The molecule has 0 radical (unpaired) electrons. The van der Waals surface area contributed by atoms with Crippen molar-refractivity contribution in [2.45, 2.75) is 64.9 Å². The summed E-state index contributed by atoms with van der Waals surface area (Å²) in [6.45, 7) is 6.02. The van der Waals surface area contributed by atoms with Gasteiger partial charge in [-0.05, 0) is 85.4 Å². The van der Waals surface area contributed by atoms with Gasteiger partial charge >= 0.3 is 0 Å². The van der Waals surface area contributed by atoms with Crippen LogP contribution in [-0.4, -0.2) is 24.9 Å². The van der Waals surface area contributed by atoms with Crippen molar-refractivity contribution in [1.82, 2.24) is 0 Å². The van der Waals surface area contributed by atoms with Gasteiger partial charge in [0.05, 0.1) is 6.10 Å². The number of aliphatic hydroxyl groups excluding tert-OH is 1. The average molecular weight is 319 g/mol. The summed E-state index contributed by atoms with van der Waals surface area (Å²) in [5, 5.41) is 10.0. The fourth-order valence-corrected chi connectivity index (χ4v) is 7.37. The van der Waals surface area contributed by atoms with Crippen LogP contribution in [0.25, 0.3) is 0 Å². The van der Waals surface area contributed by atoms with Crippen LogP contribution in [0, 0.1) is 40.4 Å². The highest BCUT2D eigenvalue weighted by molar-refractivity contribution is 5.17. The Labute approximate surface area is 141 Å². The largest absolute Gasteiger partial charge is 0.389 e. The number of ether oxygens (including phenoxy) is 1. The van der Waals surface area contributed by atoms with Gasteiger partial charge in [-0.15, -0.1) is 0 Å². The Kier molecular flexibility index (Phi) is 3.93. The van der Waals surface area contributed by atoms with E-state index in [4.69, 9.17) is 4.74 Å². The summed E-state index contributed by atoms with van der Waals surface area (Å²) in [5.74, 6) is 4.11. The summed E-state index contributed by atoms with van der Waals surface area (Å²) in [7, 11) is 1.87. The molecule has 3 saturated carbocycles. The molecule has 8 atom stereocenters. The molecule has 0 aromatic rings. The smallest absolute Gasteiger partial charge is 0.0724 e. The molecular weight excluding hydrogens is 284 g/mol. The average Bonchev–Trinajstić information content (AvgIpc) is 2.85. The maximum Gasteiger partial charge on any atom is 0.0724 e. The van der Waals surface area contributed by atoms with Gasteiger partial charge in [0.2, 0.25) is 0 Å². The molecule has 3 unspecified atom stereocenters. The zero-order valence-electron chi connectivity index (χ0n) is 15.1. The van der Waals surface area contributed by atoms with E-state index in [-0.39, 0.29) is 6.10 Å². The minimum atomic E-state index is -0.198. The molecule has 2 nitrogen and oxygen atoms in total. The van der Waals surface area contributed by atoms with E-state index >= 15 is 0 Å². The van der Waals surface area contributed by atoms with E-state index in [9.17, 15) is 5.11 Å². The predicted octanol–water partition coefficient (Wildman–Crippen LogP) is 4.43. The lowest BCUT2D eigenvalue weighted by Crippen LogP contribution is -2.52. The van der Waals surface area contributed by atoms with Crippen molar-refractivity contribution in [3.8, 4) is 0 Å². The minimum absolute atomic E-state index is 0.198. The predicted molar refractivity (Wildman–Crippen MR) is 93.0 cm³/mol. The molecule has 0 aliphatic heterocycles. The molecule has 0 aromatic heterocycles. The molecule has 4 aliphatic carbocycles.